The summed E-state index contributed by atoms with van der Waals surface area (Å²) >= 11 is 0. The summed E-state index contributed by atoms with van der Waals surface area (Å²) in [6, 6.07) is 7.71. The Morgan fingerprint density at radius 2 is 1.71 bits per heavy atom. The standard InChI is InChI=1S/C14H21NO2/c1-10(2)15-12-8-6-11(7-9-12)13(16)17-14(3,4)5/h6-10,15H,1-5H3. The Morgan fingerprint density at radius 1 is 1.18 bits per heavy atom. The van der Waals surface area contributed by atoms with Crippen LogP contribution in [-0.2, 0) is 4.74 Å². The van der Waals surface area contributed by atoms with Crippen LogP contribution in [0.5, 0.6) is 0 Å². The maximum Gasteiger partial charge on any atom is 0.338 e. The number of nitrogens with one attached hydrogen (secondary N) is 1. The molecule has 0 unspecified atom stereocenters. The van der Waals surface area contributed by atoms with Crippen molar-refractivity contribution < 1.29 is 9.53 Å². The fourth-order valence-corrected chi connectivity index (χ4v) is 1.37. The summed E-state index contributed by atoms with van der Waals surface area (Å²) < 4.78 is 5.29. The summed E-state index contributed by atoms with van der Waals surface area (Å²) in [5.74, 6) is -0.284. The van der Waals surface area contributed by atoms with Gasteiger partial charge in [0.15, 0.2) is 0 Å². The van der Waals surface area contributed by atoms with E-state index in [2.05, 4.69) is 19.2 Å². The molecule has 3 heteroatoms. The minimum atomic E-state index is -0.452. The molecule has 1 rings (SSSR count). The van der Waals surface area contributed by atoms with Crippen LogP contribution < -0.4 is 5.32 Å². The van der Waals surface area contributed by atoms with Gasteiger partial charge in [-0.3, -0.25) is 0 Å². The molecule has 0 heterocycles. The van der Waals surface area contributed by atoms with Crippen molar-refractivity contribution in [3.05, 3.63) is 29.8 Å². The number of esters is 1. The van der Waals surface area contributed by atoms with Gasteiger partial charge >= 0.3 is 5.97 Å². The first kappa shape index (κ1) is 13.6. The molecule has 0 atom stereocenters. The molecule has 1 aromatic rings. The fourth-order valence-electron chi connectivity index (χ4n) is 1.37. The van der Waals surface area contributed by atoms with E-state index in [1.165, 1.54) is 0 Å². The van der Waals surface area contributed by atoms with E-state index >= 15 is 0 Å². The van der Waals surface area contributed by atoms with Crippen LogP contribution in [0.4, 0.5) is 5.69 Å². The highest BCUT2D eigenvalue weighted by Gasteiger charge is 2.17. The zero-order chi connectivity index (χ0) is 13.1. The van der Waals surface area contributed by atoms with Crippen molar-refractivity contribution in [2.45, 2.75) is 46.3 Å². The summed E-state index contributed by atoms with van der Waals surface area (Å²) in [6.07, 6.45) is 0. The molecule has 0 bridgehead atoms. The van der Waals surface area contributed by atoms with Crippen molar-refractivity contribution in [2.75, 3.05) is 5.32 Å². The Kier molecular flexibility index (Phi) is 4.16. The molecule has 3 nitrogen and oxygen atoms in total. The van der Waals surface area contributed by atoms with Gasteiger partial charge in [-0.15, -0.1) is 0 Å². The van der Waals surface area contributed by atoms with Gasteiger partial charge < -0.3 is 10.1 Å². The van der Waals surface area contributed by atoms with E-state index < -0.39 is 5.60 Å². The number of hydrogen-bond acceptors (Lipinski definition) is 3. The molecule has 0 saturated heterocycles. The second-order valence-electron chi connectivity index (χ2n) is 5.38. The molecule has 94 valence electrons. The Hall–Kier alpha value is -1.51. The predicted molar refractivity (Wildman–Crippen MR) is 70.4 cm³/mol. The lowest BCUT2D eigenvalue weighted by Crippen LogP contribution is -2.23. The zero-order valence-electron chi connectivity index (χ0n) is 11.2. The van der Waals surface area contributed by atoms with Gasteiger partial charge in [0, 0.05) is 11.7 Å². The largest absolute Gasteiger partial charge is 0.456 e. The maximum absolute atomic E-state index is 11.8. The lowest BCUT2D eigenvalue weighted by atomic mass is 10.1. The molecular weight excluding hydrogens is 214 g/mol. The van der Waals surface area contributed by atoms with E-state index in [9.17, 15) is 4.79 Å². The van der Waals surface area contributed by atoms with Gasteiger partial charge in [0.25, 0.3) is 0 Å². The highest BCUT2D eigenvalue weighted by Crippen LogP contribution is 2.15. The van der Waals surface area contributed by atoms with Crippen LogP contribution in [-0.4, -0.2) is 17.6 Å². The fraction of sp³-hybridized carbons (Fsp3) is 0.500. The minimum absolute atomic E-state index is 0.284. The summed E-state index contributed by atoms with van der Waals surface area (Å²) in [4.78, 5) is 11.8. The van der Waals surface area contributed by atoms with E-state index in [1.54, 1.807) is 12.1 Å². The Labute approximate surface area is 103 Å². The molecule has 0 radical (unpaired) electrons. The van der Waals surface area contributed by atoms with Gasteiger partial charge in [0.05, 0.1) is 5.56 Å². The van der Waals surface area contributed by atoms with Crippen molar-refractivity contribution in [2.24, 2.45) is 0 Å². The highest BCUT2D eigenvalue weighted by atomic mass is 16.6. The van der Waals surface area contributed by atoms with Gasteiger partial charge in [-0.05, 0) is 58.9 Å². The van der Waals surface area contributed by atoms with Crippen LogP contribution in [0, 0.1) is 0 Å². The average molecular weight is 235 g/mol. The average Bonchev–Trinajstić information content (AvgIpc) is 2.15. The van der Waals surface area contributed by atoms with E-state index in [-0.39, 0.29) is 5.97 Å². The zero-order valence-corrected chi connectivity index (χ0v) is 11.2. The van der Waals surface area contributed by atoms with E-state index in [0.29, 0.717) is 11.6 Å². The third-order valence-electron chi connectivity index (χ3n) is 1.97. The van der Waals surface area contributed by atoms with Crippen LogP contribution in [0.15, 0.2) is 24.3 Å². The molecule has 1 N–H and O–H groups in total. The van der Waals surface area contributed by atoms with Gasteiger partial charge in [0.1, 0.15) is 5.60 Å². The van der Waals surface area contributed by atoms with Gasteiger partial charge in [-0.1, -0.05) is 0 Å². The number of carbonyl (C=O) groups excluding carboxylic acids is 1. The van der Waals surface area contributed by atoms with E-state index in [0.717, 1.165) is 5.69 Å². The highest BCUT2D eigenvalue weighted by molar-refractivity contribution is 5.90. The quantitative estimate of drug-likeness (QED) is 0.815. The molecule has 0 aliphatic carbocycles. The molecule has 0 aliphatic heterocycles. The van der Waals surface area contributed by atoms with Gasteiger partial charge in [-0.2, -0.15) is 0 Å². The monoisotopic (exact) mass is 235 g/mol. The number of carbonyl (C=O) groups is 1. The summed E-state index contributed by atoms with van der Waals surface area (Å²) in [5, 5.41) is 3.27. The summed E-state index contributed by atoms with van der Waals surface area (Å²) in [6.45, 7) is 9.72. The van der Waals surface area contributed by atoms with Crippen molar-refractivity contribution in [3.63, 3.8) is 0 Å². The smallest absolute Gasteiger partial charge is 0.338 e. The van der Waals surface area contributed by atoms with Crippen molar-refractivity contribution in [1.29, 1.82) is 0 Å². The van der Waals surface area contributed by atoms with Crippen LogP contribution in [0.25, 0.3) is 0 Å². The molecule has 0 saturated carbocycles. The molecule has 0 spiro atoms. The first-order chi connectivity index (χ1) is 7.78. The summed E-state index contributed by atoms with van der Waals surface area (Å²) in [7, 11) is 0. The van der Waals surface area contributed by atoms with Crippen molar-refractivity contribution >= 4 is 11.7 Å². The summed E-state index contributed by atoms with van der Waals surface area (Å²) in [5.41, 5.74) is 1.13. The third-order valence-corrected chi connectivity index (χ3v) is 1.97. The number of hydrogen-bond donors (Lipinski definition) is 1. The Morgan fingerprint density at radius 3 is 2.12 bits per heavy atom. The van der Waals surface area contributed by atoms with Crippen molar-refractivity contribution in [1.82, 2.24) is 0 Å². The lowest BCUT2D eigenvalue weighted by Gasteiger charge is -2.19. The molecule has 0 amide bonds. The van der Waals surface area contributed by atoms with Crippen molar-refractivity contribution in [3.8, 4) is 0 Å². The Balaban J connectivity index is 2.71. The number of anilines is 1. The molecule has 0 aromatic heterocycles. The topological polar surface area (TPSA) is 38.3 Å². The molecule has 0 aliphatic rings. The van der Waals surface area contributed by atoms with Crippen LogP contribution in [0.2, 0.25) is 0 Å². The second-order valence-corrected chi connectivity index (χ2v) is 5.38. The van der Waals surface area contributed by atoms with E-state index in [1.807, 2.05) is 32.9 Å². The Bertz CT molecular complexity index is 374. The van der Waals surface area contributed by atoms with E-state index in [4.69, 9.17) is 4.74 Å². The minimum Gasteiger partial charge on any atom is -0.456 e. The first-order valence-electron chi connectivity index (χ1n) is 5.88. The van der Waals surface area contributed by atoms with Crippen LogP contribution in [0.3, 0.4) is 0 Å². The second kappa shape index (κ2) is 5.21. The van der Waals surface area contributed by atoms with Crippen LogP contribution in [0.1, 0.15) is 45.0 Å². The van der Waals surface area contributed by atoms with Gasteiger partial charge in [0.2, 0.25) is 0 Å². The van der Waals surface area contributed by atoms with Crippen LogP contribution >= 0.6 is 0 Å². The number of benzene rings is 1. The predicted octanol–water partition coefficient (Wildman–Crippen LogP) is 3.46. The molecule has 0 fully saturated rings. The SMILES string of the molecule is CC(C)Nc1ccc(C(=O)OC(C)(C)C)cc1. The molecule has 1 aromatic carbocycles. The number of ether oxygens (including phenoxy) is 1. The lowest BCUT2D eigenvalue weighted by molar-refractivity contribution is 0.00696. The number of rotatable bonds is 3. The first-order valence-corrected chi connectivity index (χ1v) is 5.88. The maximum atomic E-state index is 11.8. The molecular formula is C14H21NO2. The normalized spacial score (nSPS) is 11.4. The van der Waals surface area contributed by atoms with Gasteiger partial charge in [-0.25, -0.2) is 4.79 Å². The molecule has 17 heavy (non-hydrogen) atoms. The third kappa shape index (κ3) is 4.89.